The lowest BCUT2D eigenvalue weighted by Crippen LogP contribution is -2.28. The second-order valence-electron chi connectivity index (χ2n) is 4.80. The van der Waals surface area contributed by atoms with Crippen molar-refractivity contribution in [3.63, 3.8) is 0 Å². The maximum absolute atomic E-state index is 12.9. The molecule has 1 rings (SSSR count). The van der Waals surface area contributed by atoms with Crippen molar-refractivity contribution in [2.45, 2.75) is 26.7 Å². The van der Waals surface area contributed by atoms with Crippen LogP contribution < -0.4 is 4.74 Å². The molecule has 0 fully saturated rings. The number of ether oxygens (including phenoxy) is 2. The summed E-state index contributed by atoms with van der Waals surface area (Å²) in [6.07, 6.45) is -0.135. The average molecular weight is 390 g/mol. The number of carbonyl (C=O) groups is 2. The van der Waals surface area contributed by atoms with Gasteiger partial charge in [-0.25, -0.2) is 4.39 Å². The molecule has 0 aliphatic rings. The summed E-state index contributed by atoms with van der Waals surface area (Å²) in [6, 6.07) is 3.73. The molecule has 23 heavy (non-hydrogen) atoms. The van der Waals surface area contributed by atoms with Gasteiger partial charge in [0.15, 0.2) is 0 Å². The predicted octanol–water partition coefficient (Wildman–Crippen LogP) is 3.16. The first kappa shape index (κ1) is 19.6. The zero-order chi connectivity index (χ0) is 17.2. The highest BCUT2D eigenvalue weighted by atomic mass is 79.9. The van der Waals surface area contributed by atoms with Gasteiger partial charge in [0.2, 0.25) is 0 Å². The summed E-state index contributed by atoms with van der Waals surface area (Å²) in [4.78, 5) is 25.4. The fourth-order valence-corrected chi connectivity index (χ4v) is 2.27. The third-order valence-corrected chi connectivity index (χ3v) is 3.84. The van der Waals surface area contributed by atoms with Crippen molar-refractivity contribution in [3.8, 4) is 5.75 Å². The Balaban J connectivity index is 2.28. The summed E-state index contributed by atoms with van der Waals surface area (Å²) >= 11 is 3.10. The van der Waals surface area contributed by atoms with Crippen LogP contribution in [0.2, 0.25) is 0 Å². The zero-order valence-electron chi connectivity index (χ0n) is 13.3. The van der Waals surface area contributed by atoms with Gasteiger partial charge in [-0.05, 0) is 47.2 Å². The molecule has 0 N–H and O–H groups in total. The lowest BCUT2D eigenvalue weighted by molar-refractivity contribution is -0.147. The minimum absolute atomic E-state index is 0.0457. The third kappa shape index (κ3) is 7.56. The Hall–Kier alpha value is -1.47. The lowest BCUT2D eigenvalue weighted by Gasteiger charge is -2.17. The topological polar surface area (TPSA) is 55.8 Å². The summed E-state index contributed by atoms with van der Waals surface area (Å²) in [5, 5.41) is 0. The van der Waals surface area contributed by atoms with Crippen LogP contribution in [0, 0.1) is 5.82 Å². The number of hydrogen-bond acceptors (Lipinski definition) is 5. The zero-order valence-corrected chi connectivity index (χ0v) is 14.9. The van der Waals surface area contributed by atoms with Gasteiger partial charge in [-0.2, -0.15) is 0 Å². The van der Waals surface area contributed by atoms with Gasteiger partial charge in [0.1, 0.15) is 18.2 Å². The Morgan fingerprint density at radius 2 is 1.83 bits per heavy atom. The number of esters is 2. The molecule has 0 amide bonds. The van der Waals surface area contributed by atoms with Gasteiger partial charge >= 0.3 is 11.9 Å². The fraction of sp³-hybridized carbons (Fsp3) is 0.500. The Bertz CT molecular complexity index is 535. The molecule has 0 aromatic heterocycles. The Morgan fingerprint density at radius 1 is 1.17 bits per heavy atom. The summed E-state index contributed by atoms with van der Waals surface area (Å²) in [5.74, 6) is -1.23. The average Bonchev–Trinajstić information content (AvgIpc) is 2.52. The van der Waals surface area contributed by atoms with Crippen LogP contribution in [0.3, 0.4) is 0 Å². The first-order valence-corrected chi connectivity index (χ1v) is 8.29. The molecule has 128 valence electrons. The lowest BCUT2D eigenvalue weighted by atomic mass is 10.3. The van der Waals surface area contributed by atoms with Gasteiger partial charge in [-0.3, -0.25) is 9.59 Å². The van der Waals surface area contributed by atoms with Gasteiger partial charge in [0.25, 0.3) is 0 Å². The highest BCUT2D eigenvalue weighted by molar-refractivity contribution is 9.10. The molecule has 0 atom stereocenters. The van der Waals surface area contributed by atoms with Crippen molar-refractivity contribution in [2.24, 2.45) is 0 Å². The SMILES string of the molecule is CCN(CC)CCOC(=O)CCC(=O)Oc1ccc(F)cc1Br. The number of nitrogens with zero attached hydrogens (tertiary/aromatic N) is 1. The van der Waals surface area contributed by atoms with Crippen molar-refractivity contribution in [3.05, 3.63) is 28.5 Å². The number of likely N-dealkylation sites (N-methyl/N-ethyl adjacent to an activating group) is 1. The number of halogens is 2. The van der Waals surface area contributed by atoms with Crippen molar-refractivity contribution in [2.75, 3.05) is 26.2 Å². The standard InChI is InChI=1S/C16H21BrFNO4/c1-3-19(4-2)9-10-22-15(20)7-8-16(21)23-14-6-5-12(18)11-13(14)17/h5-6,11H,3-4,7-10H2,1-2H3. The first-order valence-electron chi connectivity index (χ1n) is 7.50. The molecule has 1 aromatic carbocycles. The minimum atomic E-state index is -0.571. The summed E-state index contributed by atoms with van der Waals surface area (Å²) in [6.45, 7) is 6.84. The monoisotopic (exact) mass is 389 g/mol. The van der Waals surface area contributed by atoms with Crippen LogP contribution in [-0.2, 0) is 14.3 Å². The quantitative estimate of drug-likeness (QED) is 0.479. The molecule has 7 heteroatoms. The molecule has 0 bridgehead atoms. The number of rotatable bonds is 9. The van der Waals surface area contributed by atoms with Crippen molar-refractivity contribution >= 4 is 27.9 Å². The van der Waals surface area contributed by atoms with E-state index < -0.39 is 17.8 Å². The van der Waals surface area contributed by atoms with Gasteiger partial charge in [-0.1, -0.05) is 13.8 Å². The first-order chi connectivity index (χ1) is 11.0. The molecular weight excluding hydrogens is 369 g/mol. The van der Waals surface area contributed by atoms with Crippen molar-refractivity contribution in [1.29, 1.82) is 0 Å². The van der Waals surface area contributed by atoms with Crippen LogP contribution >= 0.6 is 15.9 Å². The van der Waals surface area contributed by atoms with Crippen LogP contribution in [0.1, 0.15) is 26.7 Å². The van der Waals surface area contributed by atoms with Crippen LogP contribution in [0.25, 0.3) is 0 Å². The second kappa shape index (κ2) is 10.3. The Labute approximate surface area is 143 Å². The number of benzene rings is 1. The van der Waals surface area contributed by atoms with E-state index in [-0.39, 0.29) is 18.6 Å². The number of carbonyl (C=O) groups excluding carboxylic acids is 2. The number of hydrogen-bond donors (Lipinski definition) is 0. The third-order valence-electron chi connectivity index (χ3n) is 3.22. The maximum atomic E-state index is 12.9. The van der Waals surface area contributed by atoms with E-state index >= 15 is 0 Å². The van der Waals surface area contributed by atoms with Crippen LogP contribution in [0.15, 0.2) is 22.7 Å². The fourth-order valence-electron chi connectivity index (χ4n) is 1.84. The smallest absolute Gasteiger partial charge is 0.311 e. The minimum Gasteiger partial charge on any atom is -0.464 e. The predicted molar refractivity (Wildman–Crippen MR) is 87.7 cm³/mol. The summed E-state index contributed by atoms with van der Waals surface area (Å²) < 4.78 is 23.4. The van der Waals surface area contributed by atoms with E-state index in [9.17, 15) is 14.0 Å². The maximum Gasteiger partial charge on any atom is 0.311 e. The Kier molecular flexibility index (Phi) is 8.79. The molecule has 1 aromatic rings. The van der Waals surface area contributed by atoms with E-state index in [2.05, 4.69) is 20.8 Å². The van der Waals surface area contributed by atoms with Crippen LogP contribution in [0.4, 0.5) is 4.39 Å². The van der Waals surface area contributed by atoms with Crippen molar-refractivity contribution in [1.82, 2.24) is 4.90 Å². The van der Waals surface area contributed by atoms with E-state index in [1.54, 1.807) is 0 Å². The van der Waals surface area contributed by atoms with Gasteiger partial charge in [0.05, 0.1) is 17.3 Å². The molecule has 0 saturated carbocycles. The summed E-state index contributed by atoms with van der Waals surface area (Å²) in [7, 11) is 0. The molecule has 0 heterocycles. The molecule has 0 aliphatic carbocycles. The van der Waals surface area contributed by atoms with Gasteiger partial charge < -0.3 is 14.4 Å². The molecule has 0 unspecified atom stereocenters. The molecule has 0 saturated heterocycles. The second-order valence-corrected chi connectivity index (χ2v) is 5.65. The van der Waals surface area contributed by atoms with E-state index in [1.807, 2.05) is 13.8 Å². The van der Waals surface area contributed by atoms with E-state index in [0.717, 1.165) is 13.1 Å². The molecule has 5 nitrogen and oxygen atoms in total. The van der Waals surface area contributed by atoms with Gasteiger partial charge in [-0.15, -0.1) is 0 Å². The van der Waals surface area contributed by atoms with Crippen LogP contribution in [0.5, 0.6) is 5.75 Å². The normalized spacial score (nSPS) is 10.7. The Morgan fingerprint density at radius 3 is 2.43 bits per heavy atom. The van der Waals surface area contributed by atoms with E-state index in [4.69, 9.17) is 9.47 Å². The van der Waals surface area contributed by atoms with E-state index in [0.29, 0.717) is 17.6 Å². The van der Waals surface area contributed by atoms with E-state index in [1.165, 1.54) is 18.2 Å². The largest absolute Gasteiger partial charge is 0.464 e. The molecule has 0 aliphatic heterocycles. The molecule has 0 spiro atoms. The summed E-state index contributed by atoms with van der Waals surface area (Å²) in [5.41, 5.74) is 0. The van der Waals surface area contributed by atoms with Gasteiger partial charge in [0, 0.05) is 6.54 Å². The molecular formula is C16H21BrFNO4. The molecule has 0 radical (unpaired) electrons. The van der Waals surface area contributed by atoms with Crippen molar-refractivity contribution < 1.29 is 23.5 Å². The highest BCUT2D eigenvalue weighted by Gasteiger charge is 2.12. The highest BCUT2D eigenvalue weighted by Crippen LogP contribution is 2.25. The van der Waals surface area contributed by atoms with Crippen LogP contribution in [-0.4, -0.2) is 43.1 Å².